The molecule has 3 aromatic carbocycles. The standard InChI is InChI=1S/C25H21ClN2O2/c1-3-30-20-14-12-19(13-15-20)28-24(21-6-4-5-7-22(21)26)27-23(25(28)29)16-18-10-8-17(2)9-11-18/h4-16H,3H2,1-2H3/b23-16+. The number of carbonyl (C=O) groups is 1. The molecule has 30 heavy (non-hydrogen) atoms. The van der Waals surface area contributed by atoms with E-state index in [2.05, 4.69) is 4.99 Å². The van der Waals surface area contributed by atoms with Crippen LogP contribution in [0.3, 0.4) is 0 Å². The van der Waals surface area contributed by atoms with Crippen molar-refractivity contribution in [1.29, 1.82) is 0 Å². The molecule has 0 bridgehead atoms. The molecule has 0 unspecified atom stereocenters. The first-order chi connectivity index (χ1) is 14.6. The van der Waals surface area contributed by atoms with Gasteiger partial charge in [0.2, 0.25) is 0 Å². The van der Waals surface area contributed by atoms with E-state index >= 15 is 0 Å². The molecule has 1 aliphatic heterocycles. The average Bonchev–Trinajstić information content (AvgIpc) is 3.07. The summed E-state index contributed by atoms with van der Waals surface area (Å²) in [4.78, 5) is 19.6. The molecule has 3 aromatic rings. The molecular formula is C25H21ClN2O2. The number of aliphatic imine (C=N–C) groups is 1. The third-order valence-corrected chi connectivity index (χ3v) is 5.09. The number of carbonyl (C=O) groups excluding carboxylic acids is 1. The summed E-state index contributed by atoms with van der Waals surface area (Å²) in [6.45, 7) is 4.54. The highest BCUT2D eigenvalue weighted by Crippen LogP contribution is 2.31. The van der Waals surface area contributed by atoms with Crippen LogP contribution in [0.5, 0.6) is 5.75 Å². The number of anilines is 1. The molecule has 1 heterocycles. The van der Waals surface area contributed by atoms with Gasteiger partial charge >= 0.3 is 0 Å². The Bertz CT molecular complexity index is 1130. The summed E-state index contributed by atoms with van der Waals surface area (Å²) in [7, 11) is 0. The Kier molecular flexibility index (Phi) is 5.68. The van der Waals surface area contributed by atoms with Crippen molar-refractivity contribution in [2.45, 2.75) is 13.8 Å². The SMILES string of the molecule is CCOc1ccc(N2C(=O)/C(=C\c3ccc(C)cc3)N=C2c2ccccc2Cl)cc1. The van der Waals surface area contributed by atoms with Gasteiger partial charge in [-0.3, -0.25) is 9.69 Å². The van der Waals surface area contributed by atoms with Gasteiger partial charge in [0.15, 0.2) is 0 Å². The number of halogens is 1. The van der Waals surface area contributed by atoms with Crippen LogP contribution in [0.25, 0.3) is 6.08 Å². The van der Waals surface area contributed by atoms with Crippen molar-refractivity contribution < 1.29 is 9.53 Å². The minimum Gasteiger partial charge on any atom is -0.494 e. The Morgan fingerprint density at radius 3 is 2.37 bits per heavy atom. The molecule has 0 fully saturated rings. The lowest BCUT2D eigenvalue weighted by Crippen LogP contribution is -2.32. The predicted octanol–water partition coefficient (Wildman–Crippen LogP) is 5.88. The fourth-order valence-corrected chi connectivity index (χ4v) is 3.48. The molecule has 0 saturated heterocycles. The van der Waals surface area contributed by atoms with Gasteiger partial charge < -0.3 is 4.74 Å². The average molecular weight is 417 g/mol. The molecule has 4 rings (SSSR count). The van der Waals surface area contributed by atoms with E-state index in [0.717, 1.165) is 16.9 Å². The molecule has 0 radical (unpaired) electrons. The van der Waals surface area contributed by atoms with Crippen LogP contribution in [0.4, 0.5) is 5.69 Å². The first-order valence-electron chi connectivity index (χ1n) is 9.76. The molecule has 0 aromatic heterocycles. The van der Waals surface area contributed by atoms with Gasteiger partial charge in [-0.25, -0.2) is 4.99 Å². The van der Waals surface area contributed by atoms with E-state index in [1.165, 1.54) is 0 Å². The van der Waals surface area contributed by atoms with Gasteiger partial charge in [0, 0.05) is 5.56 Å². The number of hydrogen-bond donors (Lipinski definition) is 0. The van der Waals surface area contributed by atoms with Crippen LogP contribution in [0, 0.1) is 6.92 Å². The van der Waals surface area contributed by atoms with E-state index in [1.807, 2.05) is 80.6 Å². The van der Waals surface area contributed by atoms with Crippen molar-refractivity contribution in [2.75, 3.05) is 11.5 Å². The normalized spacial score (nSPS) is 14.9. The second-order valence-electron chi connectivity index (χ2n) is 6.92. The summed E-state index contributed by atoms with van der Waals surface area (Å²) >= 11 is 6.44. The maximum atomic E-state index is 13.4. The molecule has 0 atom stereocenters. The third-order valence-electron chi connectivity index (χ3n) is 4.76. The first kappa shape index (κ1) is 19.9. The maximum absolute atomic E-state index is 13.4. The van der Waals surface area contributed by atoms with Crippen LogP contribution < -0.4 is 9.64 Å². The zero-order chi connectivity index (χ0) is 21.1. The molecule has 0 saturated carbocycles. The van der Waals surface area contributed by atoms with E-state index < -0.39 is 0 Å². The van der Waals surface area contributed by atoms with Crippen molar-refractivity contribution in [2.24, 2.45) is 4.99 Å². The van der Waals surface area contributed by atoms with Crippen LogP contribution in [0.1, 0.15) is 23.6 Å². The molecular weight excluding hydrogens is 396 g/mol. The number of ether oxygens (including phenoxy) is 1. The van der Waals surface area contributed by atoms with E-state index in [1.54, 1.807) is 17.0 Å². The number of nitrogens with zero attached hydrogens (tertiary/aromatic N) is 2. The smallest absolute Gasteiger partial charge is 0.282 e. The van der Waals surface area contributed by atoms with Crippen LogP contribution in [0.15, 0.2) is 83.5 Å². The second-order valence-corrected chi connectivity index (χ2v) is 7.33. The molecule has 4 nitrogen and oxygen atoms in total. The summed E-state index contributed by atoms with van der Waals surface area (Å²) in [6.07, 6.45) is 1.80. The summed E-state index contributed by atoms with van der Waals surface area (Å²) < 4.78 is 5.52. The quantitative estimate of drug-likeness (QED) is 0.487. The molecule has 1 amide bonds. The molecule has 150 valence electrons. The van der Waals surface area contributed by atoms with Gasteiger partial charge in [0.05, 0.1) is 17.3 Å². The summed E-state index contributed by atoms with van der Waals surface area (Å²) in [5, 5.41) is 0.538. The highest BCUT2D eigenvalue weighted by atomic mass is 35.5. The molecule has 0 aliphatic carbocycles. The third kappa shape index (κ3) is 4.00. The van der Waals surface area contributed by atoms with Crippen LogP contribution in [-0.2, 0) is 4.79 Å². The number of amides is 1. The van der Waals surface area contributed by atoms with Crippen LogP contribution in [0.2, 0.25) is 5.02 Å². The molecule has 0 spiro atoms. The Hall–Kier alpha value is -3.37. The predicted molar refractivity (Wildman–Crippen MR) is 122 cm³/mol. The van der Waals surface area contributed by atoms with Gasteiger partial charge in [-0.05, 0) is 61.9 Å². The van der Waals surface area contributed by atoms with Crippen molar-refractivity contribution in [1.82, 2.24) is 0 Å². The topological polar surface area (TPSA) is 41.9 Å². The van der Waals surface area contributed by atoms with Gasteiger partial charge in [-0.1, -0.05) is 53.6 Å². The Balaban J connectivity index is 1.79. The van der Waals surface area contributed by atoms with Crippen molar-refractivity contribution in [3.05, 3.63) is 100 Å². The first-order valence-corrected chi connectivity index (χ1v) is 10.1. The molecule has 5 heteroatoms. The lowest BCUT2D eigenvalue weighted by molar-refractivity contribution is -0.113. The number of amidine groups is 1. The lowest BCUT2D eigenvalue weighted by atomic mass is 10.1. The Labute approximate surface area is 181 Å². The Morgan fingerprint density at radius 1 is 1.00 bits per heavy atom. The largest absolute Gasteiger partial charge is 0.494 e. The van der Waals surface area contributed by atoms with Gasteiger partial charge in [-0.2, -0.15) is 0 Å². The van der Waals surface area contributed by atoms with E-state index in [9.17, 15) is 4.79 Å². The number of aryl methyl sites for hydroxylation is 1. The Morgan fingerprint density at radius 2 is 1.70 bits per heavy atom. The molecule has 0 N–H and O–H groups in total. The zero-order valence-electron chi connectivity index (χ0n) is 16.8. The van der Waals surface area contributed by atoms with Gasteiger partial charge in [-0.15, -0.1) is 0 Å². The van der Waals surface area contributed by atoms with Crippen molar-refractivity contribution in [3.63, 3.8) is 0 Å². The maximum Gasteiger partial charge on any atom is 0.282 e. The summed E-state index contributed by atoms with van der Waals surface area (Å²) in [6, 6.07) is 22.7. The summed E-state index contributed by atoms with van der Waals surface area (Å²) in [5.41, 5.74) is 3.84. The lowest BCUT2D eigenvalue weighted by Gasteiger charge is -2.19. The minimum absolute atomic E-state index is 0.199. The fourth-order valence-electron chi connectivity index (χ4n) is 3.26. The van der Waals surface area contributed by atoms with Gasteiger partial charge in [0.1, 0.15) is 17.3 Å². The van der Waals surface area contributed by atoms with Crippen molar-refractivity contribution in [3.8, 4) is 5.75 Å². The highest BCUT2D eigenvalue weighted by Gasteiger charge is 2.33. The number of rotatable bonds is 5. The monoisotopic (exact) mass is 416 g/mol. The van der Waals surface area contributed by atoms with E-state index in [0.29, 0.717) is 34.4 Å². The zero-order valence-corrected chi connectivity index (χ0v) is 17.6. The number of hydrogen-bond acceptors (Lipinski definition) is 3. The highest BCUT2D eigenvalue weighted by molar-refractivity contribution is 6.39. The number of benzene rings is 3. The summed E-state index contributed by atoms with van der Waals surface area (Å²) in [5.74, 6) is 1.06. The molecule has 1 aliphatic rings. The van der Waals surface area contributed by atoms with Crippen LogP contribution in [-0.4, -0.2) is 18.3 Å². The van der Waals surface area contributed by atoms with Gasteiger partial charge in [0.25, 0.3) is 5.91 Å². The van der Waals surface area contributed by atoms with Crippen LogP contribution >= 0.6 is 11.6 Å². The minimum atomic E-state index is -0.199. The fraction of sp³-hybridized carbons (Fsp3) is 0.120. The van der Waals surface area contributed by atoms with E-state index in [-0.39, 0.29) is 5.91 Å². The second kappa shape index (κ2) is 8.56. The van der Waals surface area contributed by atoms with Crippen molar-refractivity contribution >= 4 is 35.1 Å². The van der Waals surface area contributed by atoms with E-state index in [4.69, 9.17) is 16.3 Å².